The average molecular weight is 249 g/mol. The van der Waals surface area contributed by atoms with Gasteiger partial charge in [-0.15, -0.1) is 0 Å². The van der Waals surface area contributed by atoms with Crippen molar-refractivity contribution in [1.82, 2.24) is 0 Å². The first kappa shape index (κ1) is 13.2. The van der Waals surface area contributed by atoms with Crippen molar-refractivity contribution in [3.05, 3.63) is 23.8 Å². The Hall–Kier alpha value is -1.22. The molecule has 3 heteroatoms. The molecule has 18 heavy (non-hydrogen) atoms. The molecule has 1 N–H and O–H groups in total. The van der Waals surface area contributed by atoms with E-state index in [1.54, 1.807) is 0 Å². The highest BCUT2D eigenvalue weighted by Crippen LogP contribution is 2.23. The van der Waals surface area contributed by atoms with E-state index in [0.717, 1.165) is 31.4 Å². The molecular formula is C15H23NO2. The lowest BCUT2D eigenvalue weighted by atomic mass is 10.0. The van der Waals surface area contributed by atoms with Crippen LogP contribution in [0.15, 0.2) is 18.2 Å². The van der Waals surface area contributed by atoms with Crippen LogP contribution in [-0.2, 0) is 4.74 Å². The van der Waals surface area contributed by atoms with Crippen LogP contribution in [0.3, 0.4) is 0 Å². The van der Waals surface area contributed by atoms with Crippen LogP contribution in [0.4, 0.5) is 5.69 Å². The number of anilines is 1. The van der Waals surface area contributed by atoms with Gasteiger partial charge in [-0.05, 0) is 56.4 Å². The average Bonchev–Trinajstić information content (AvgIpc) is 2.39. The lowest BCUT2D eigenvalue weighted by Crippen LogP contribution is -2.22. The molecule has 0 aromatic heterocycles. The first-order chi connectivity index (χ1) is 8.79. The van der Waals surface area contributed by atoms with Gasteiger partial charge >= 0.3 is 0 Å². The Morgan fingerprint density at radius 2 is 2.11 bits per heavy atom. The fourth-order valence-corrected chi connectivity index (χ4v) is 2.30. The largest absolute Gasteiger partial charge is 0.494 e. The first-order valence-corrected chi connectivity index (χ1v) is 6.84. The highest BCUT2D eigenvalue weighted by Gasteiger charge is 2.13. The molecule has 3 nitrogen and oxygen atoms in total. The fourth-order valence-electron chi connectivity index (χ4n) is 2.30. The molecule has 0 aliphatic carbocycles. The predicted molar refractivity (Wildman–Crippen MR) is 74.4 cm³/mol. The zero-order valence-corrected chi connectivity index (χ0v) is 11.4. The van der Waals surface area contributed by atoms with Crippen molar-refractivity contribution in [2.75, 3.05) is 31.7 Å². The van der Waals surface area contributed by atoms with Crippen LogP contribution < -0.4 is 10.1 Å². The maximum absolute atomic E-state index is 5.49. The number of nitrogens with one attached hydrogen (secondary N) is 1. The molecule has 100 valence electrons. The van der Waals surface area contributed by atoms with Crippen molar-refractivity contribution >= 4 is 5.69 Å². The van der Waals surface area contributed by atoms with Gasteiger partial charge in [-0.3, -0.25) is 0 Å². The Balaban J connectivity index is 1.88. The summed E-state index contributed by atoms with van der Waals surface area (Å²) in [5.41, 5.74) is 2.46. The minimum atomic E-state index is 0.717. The van der Waals surface area contributed by atoms with Gasteiger partial charge < -0.3 is 14.8 Å². The highest BCUT2D eigenvalue weighted by atomic mass is 16.5. The maximum Gasteiger partial charge on any atom is 0.119 e. The maximum atomic E-state index is 5.49. The fraction of sp³-hybridized carbons (Fsp3) is 0.600. The van der Waals surface area contributed by atoms with Crippen LogP contribution in [0.25, 0.3) is 0 Å². The molecule has 0 spiro atoms. The Morgan fingerprint density at radius 1 is 1.33 bits per heavy atom. The highest BCUT2D eigenvalue weighted by molar-refractivity contribution is 5.53. The second-order valence-corrected chi connectivity index (χ2v) is 4.85. The third kappa shape index (κ3) is 3.64. The van der Waals surface area contributed by atoms with Crippen molar-refractivity contribution in [3.8, 4) is 5.75 Å². The van der Waals surface area contributed by atoms with Crippen LogP contribution in [0.5, 0.6) is 5.75 Å². The smallest absolute Gasteiger partial charge is 0.119 e. The van der Waals surface area contributed by atoms with Crippen LogP contribution in [0, 0.1) is 12.8 Å². The van der Waals surface area contributed by atoms with E-state index in [1.807, 2.05) is 13.0 Å². The Morgan fingerprint density at radius 3 is 2.78 bits per heavy atom. The second-order valence-electron chi connectivity index (χ2n) is 4.85. The van der Waals surface area contributed by atoms with E-state index >= 15 is 0 Å². The van der Waals surface area contributed by atoms with E-state index < -0.39 is 0 Å². The normalized spacial score (nSPS) is 16.6. The molecule has 1 fully saturated rings. The first-order valence-electron chi connectivity index (χ1n) is 6.84. The monoisotopic (exact) mass is 249 g/mol. The number of ether oxygens (including phenoxy) is 2. The minimum absolute atomic E-state index is 0.717. The SMILES string of the molecule is CCOc1ccc(NCC2CCOCC2)c(C)c1. The van der Waals surface area contributed by atoms with Gasteiger partial charge in [0.25, 0.3) is 0 Å². The summed E-state index contributed by atoms with van der Waals surface area (Å²) >= 11 is 0. The summed E-state index contributed by atoms with van der Waals surface area (Å²) < 4.78 is 10.9. The molecule has 1 aromatic carbocycles. The zero-order chi connectivity index (χ0) is 12.8. The van der Waals surface area contributed by atoms with E-state index in [-0.39, 0.29) is 0 Å². The lowest BCUT2D eigenvalue weighted by molar-refractivity contribution is 0.0699. The Bertz CT molecular complexity index is 373. The Kier molecular flexibility index (Phi) is 4.88. The molecule has 1 aliphatic rings. The van der Waals surface area contributed by atoms with E-state index in [9.17, 15) is 0 Å². The number of hydrogen-bond donors (Lipinski definition) is 1. The molecule has 0 amide bonds. The molecule has 2 rings (SSSR count). The summed E-state index contributed by atoms with van der Waals surface area (Å²) in [7, 11) is 0. The molecule has 1 aromatic rings. The summed E-state index contributed by atoms with van der Waals surface area (Å²) in [5, 5.41) is 3.54. The summed E-state index contributed by atoms with van der Waals surface area (Å²) in [6.07, 6.45) is 2.34. The molecule has 0 bridgehead atoms. The topological polar surface area (TPSA) is 30.5 Å². The van der Waals surface area contributed by atoms with Crippen LogP contribution in [-0.4, -0.2) is 26.4 Å². The van der Waals surface area contributed by atoms with Gasteiger partial charge in [-0.1, -0.05) is 0 Å². The van der Waals surface area contributed by atoms with E-state index in [0.29, 0.717) is 6.61 Å². The quantitative estimate of drug-likeness (QED) is 0.869. The molecule has 0 atom stereocenters. The lowest BCUT2D eigenvalue weighted by Gasteiger charge is -2.23. The molecular weight excluding hydrogens is 226 g/mol. The van der Waals surface area contributed by atoms with Gasteiger partial charge in [0.2, 0.25) is 0 Å². The molecule has 0 unspecified atom stereocenters. The van der Waals surface area contributed by atoms with Gasteiger partial charge in [0.15, 0.2) is 0 Å². The standard InChI is InChI=1S/C15H23NO2/c1-3-18-14-4-5-15(12(2)10-14)16-11-13-6-8-17-9-7-13/h4-5,10,13,16H,3,6-9,11H2,1-2H3. The van der Waals surface area contributed by atoms with Gasteiger partial charge in [0.05, 0.1) is 6.61 Å². The van der Waals surface area contributed by atoms with Crippen LogP contribution in [0.1, 0.15) is 25.3 Å². The van der Waals surface area contributed by atoms with Crippen molar-refractivity contribution in [3.63, 3.8) is 0 Å². The van der Waals surface area contributed by atoms with Gasteiger partial charge in [-0.2, -0.15) is 0 Å². The molecule has 1 saturated heterocycles. The van der Waals surface area contributed by atoms with Crippen molar-refractivity contribution in [2.45, 2.75) is 26.7 Å². The van der Waals surface area contributed by atoms with Crippen LogP contribution >= 0.6 is 0 Å². The predicted octanol–water partition coefficient (Wildman–Crippen LogP) is 3.23. The third-order valence-electron chi connectivity index (χ3n) is 3.43. The zero-order valence-electron chi connectivity index (χ0n) is 11.4. The number of hydrogen-bond acceptors (Lipinski definition) is 3. The van der Waals surface area contributed by atoms with E-state index in [1.165, 1.54) is 24.1 Å². The van der Waals surface area contributed by atoms with Crippen molar-refractivity contribution < 1.29 is 9.47 Å². The second kappa shape index (κ2) is 6.64. The van der Waals surface area contributed by atoms with Gasteiger partial charge in [-0.25, -0.2) is 0 Å². The molecule has 1 heterocycles. The Labute approximate surface area is 109 Å². The number of aryl methyl sites for hydroxylation is 1. The summed E-state index contributed by atoms with van der Waals surface area (Å²) in [6, 6.07) is 6.23. The van der Waals surface area contributed by atoms with Crippen molar-refractivity contribution in [1.29, 1.82) is 0 Å². The number of benzene rings is 1. The number of rotatable bonds is 5. The van der Waals surface area contributed by atoms with Crippen LogP contribution in [0.2, 0.25) is 0 Å². The van der Waals surface area contributed by atoms with Gasteiger partial charge in [0.1, 0.15) is 5.75 Å². The van der Waals surface area contributed by atoms with Gasteiger partial charge in [0, 0.05) is 25.4 Å². The molecule has 0 radical (unpaired) electrons. The summed E-state index contributed by atoms with van der Waals surface area (Å²) in [4.78, 5) is 0. The van der Waals surface area contributed by atoms with E-state index in [2.05, 4.69) is 24.4 Å². The third-order valence-corrected chi connectivity index (χ3v) is 3.43. The summed E-state index contributed by atoms with van der Waals surface area (Å²) in [6.45, 7) is 7.71. The van der Waals surface area contributed by atoms with Crippen molar-refractivity contribution in [2.24, 2.45) is 5.92 Å². The van der Waals surface area contributed by atoms with E-state index in [4.69, 9.17) is 9.47 Å². The minimum Gasteiger partial charge on any atom is -0.494 e. The summed E-state index contributed by atoms with van der Waals surface area (Å²) in [5.74, 6) is 1.69. The molecule has 0 saturated carbocycles. The molecule has 1 aliphatic heterocycles.